The molecule has 1 unspecified atom stereocenters. The number of fused-ring (bicyclic) bond motifs is 1. The summed E-state index contributed by atoms with van der Waals surface area (Å²) in [5.74, 6) is -0.792. The van der Waals surface area contributed by atoms with Crippen molar-refractivity contribution in [2.45, 2.75) is 31.8 Å². The molecule has 80 valence electrons. The molecule has 0 radical (unpaired) electrons. The molecular formula is C12H15NO2. The van der Waals surface area contributed by atoms with Gasteiger partial charge in [-0.2, -0.15) is 0 Å². The summed E-state index contributed by atoms with van der Waals surface area (Å²) >= 11 is 0. The highest BCUT2D eigenvalue weighted by atomic mass is 16.4. The largest absolute Gasteiger partial charge is 0.480 e. The highest BCUT2D eigenvalue weighted by Gasteiger charge is 2.24. The van der Waals surface area contributed by atoms with E-state index in [1.807, 2.05) is 12.1 Å². The first-order valence-corrected chi connectivity index (χ1v) is 5.25. The van der Waals surface area contributed by atoms with Crippen LogP contribution in [0.25, 0.3) is 0 Å². The number of benzene rings is 1. The maximum Gasteiger partial charge on any atom is 0.320 e. The van der Waals surface area contributed by atoms with Crippen LogP contribution in [0.2, 0.25) is 0 Å². The van der Waals surface area contributed by atoms with Gasteiger partial charge in [-0.25, -0.2) is 0 Å². The highest BCUT2D eigenvalue weighted by Crippen LogP contribution is 2.30. The Labute approximate surface area is 89.1 Å². The fraction of sp³-hybridized carbons (Fsp3) is 0.417. The van der Waals surface area contributed by atoms with Crippen LogP contribution in [0.15, 0.2) is 24.3 Å². The Morgan fingerprint density at radius 1 is 1.53 bits per heavy atom. The van der Waals surface area contributed by atoms with Gasteiger partial charge in [0.05, 0.1) is 0 Å². The summed E-state index contributed by atoms with van der Waals surface area (Å²) in [4.78, 5) is 10.7. The van der Waals surface area contributed by atoms with Crippen molar-refractivity contribution < 1.29 is 9.90 Å². The van der Waals surface area contributed by atoms with Crippen LogP contribution in [0.5, 0.6) is 0 Å². The molecule has 1 aromatic carbocycles. The zero-order chi connectivity index (χ0) is 10.8. The number of carbonyl (C=O) groups is 1. The lowest BCUT2D eigenvalue weighted by Crippen LogP contribution is -2.35. The summed E-state index contributed by atoms with van der Waals surface area (Å²) in [5, 5.41) is 12.0. The van der Waals surface area contributed by atoms with Gasteiger partial charge in [-0.1, -0.05) is 24.3 Å². The van der Waals surface area contributed by atoms with E-state index in [1.165, 1.54) is 11.1 Å². The standard InChI is InChI=1S/C12H15NO2/c1-8(12(14)15)13-11-7-6-9-4-2-3-5-10(9)11/h2-5,8,11,13H,6-7H2,1H3,(H,14,15)/t8-,11?/m0/s1. The van der Waals surface area contributed by atoms with E-state index >= 15 is 0 Å². The predicted molar refractivity (Wildman–Crippen MR) is 57.7 cm³/mol. The number of rotatable bonds is 3. The lowest BCUT2D eigenvalue weighted by Gasteiger charge is -2.17. The first-order valence-electron chi connectivity index (χ1n) is 5.25. The van der Waals surface area contributed by atoms with E-state index in [0.29, 0.717) is 0 Å². The Morgan fingerprint density at radius 2 is 2.27 bits per heavy atom. The van der Waals surface area contributed by atoms with Crippen molar-refractivity contribution in [1.29, 1.82) is 0 Å². The summed E-state index contributed by atoms with van der Waals surface area (Å²) in [7, 11) is 0. The summed E-state index contributed by atoms with van der Waals surface area (Å²) in [6.45, 7) is 1.68. The van der Waals surface area contributed by atoms with E-state index < -0.39 is 12.0 Å². The molecule has 2 rings (SSSR count). The molecule has 3 nitrogen and oxygen atoms in total. The maximum atomic E-state index is 10.7. The molecular weight excluding hydrogens is 190 g/mol. The molecule has 0 heterocycles. The number of carboxylic acid groups (broad SMARTS) is 1. The van der Waals surface area contributed by atoms with Crippen molar-refractivity contribution >= 4 is 5.97 Å². The Balaban J connectivity index is 2.11. The molecule has 0 amide bonds. The zero-order valence-corrected chi connectivity index (χ0v) is 8.73. The Bertz CT molecular complexity index is 376. The summed E-state index contributed by atoms with van der Waals surface area (Å²) < 4.78 is 0. The van der Waals surface area contributed by atoms with E-state index in [-0.39, 0.29) is 6.04 Å². The van der Waals surface area contributed by atoms with Crippen molar-refractivity contribution in [3.63, 3.8) is 0 Å². The maximum absolute atomic E-state index is 10.7. The summed E-state index contributed by atoms with van der Waals surface area (Å²) in [6.07, 6.45) is 2.04. The van der Waals surface area contributed by atoms with Crippen LogP contribution < -0.4 is 5.32 Å². The Morgan fingerprint density at radius 3 is 3.00 bits per heavy atom. The molecule has 15 heavy (non-hydrogen) atoms. The van der Waals surface area contributed by atoms with Gasteiger partial charge in [0.15, 0.2) is 0 Å². The molecule has 0 spiro atoms. The Hall–Kier alpha value is -1.35. The fourth-order valence-corrected chi connectivity index (χ4v) is 2.10. The number of aryl methyl sites for hydroxylation is 1. The van der Waals surface area contributed by atoms with Crippen LogP contribution in [0, 0.1) is 0 Å². The van der Waals surface area contributed by atoms with E-state index in [9.17, 15) is 4.79 Å². The number of aliphatic carboxylic acids is 1. The minimum absolute atomic E-state index is 0.201. The topological polar surface area (TPSA) is 49.3 Å². The second kappa shape index (κ2) is 4.03. The molecule has 1 aliphatic rings. The van der Waals surface area contributed by atoms with Gasteiger partial charge >= 0.3 is 5.97 Å². The molecule has 2 atom stereocenters. The highest BCUT2D eigenvalue weighted by molar-refractivity contribution is 5.72. The molecule has 2 N–H and O–H groups in total. The molecule has 1 aliphatic carbocycles. The second-order valence-electron chi connectivity index (χ2n) is 4.02. The minimum Gasteiger partial charge on any atom is -0.480 e. The van der Waals surface area contributed by atoms with Crippen LogP contribution in [0.3, 0.4) is 0 Å². The van der Waals surface area contributed by atoms with E-state index in [4.69, 9.17) is 5.11 Å². The number of hydrogen-bond acceptors (Lipinski definition) is 2. The van der Waals surface area contributed by atoms with Crippen molar-refractivity contribution in [2.75, 3.05) is 0 Å². The summed E-state index contributed by atoms with van der Waals surface area (Å²) in [6, 6.07) is 7.94. The van der Waals surface area contributed by atoms with Gasteiger partial charge in [-0.05, 0) is 30.9 Å². The smallest absolute Gasteiger partial charge is 0.320 e. The number of nitrogens with one attached hydrogen (secondary N) is 1. The van der Waals surface area contributed by atoms with Crippen LogP contribution in [0.1, 0.15) is 30.5 Å². The van der Waals surface area contributed by atoms with Crippen LogP contribution in [-0.4, -0.2) is 17.1 Å². The fourth-order valence-electron chi connectivity index (χ4n) is 2.10. The van der Waals surface area contributed by atoms with Crippen LogP contribution in [0.4, 0.5) is 0 Å². The van der Waals surface area contributed by atoms with Crippen molar-refractivity contribution in [1.82, 2.24) is 5.32 Å². The first-order chi connectivity index (χ1) is 7.18. The van der Waals surface area contributed by atoms with Crippen LogP contribution in [-0.2, 0) is 11.2 Å². The second-order valence-corrected chi connectivity index (χ2v) is 4.02. The number of hydrogen-bond donors (Lipinski definition) is 2. The lowest BCUT2D eigenvalue weighted by molar-refractivity contribution is -0.139. The van der Waals surface area contributed by atoms with Crippen molar-refractivity contribution in [3.8, 4) is 0 Å². The van der Waals surface area contributed by atoms with Gasteiger partial charge < -0.3 is 5.11 Å². The molecule has 0 saturated carbocycles. The molecule has 0 bridgehead atoms. The van der Waals surface area contributed by atoms with Crippen molar-refractivity contribution in [2.24, 2.45) is 0 Å². The zero-order valence-electron chi connectivity index (χ0n) is 8.73. The Kier molecular flexibility index (Phi) is 2.73. The SMILES string of the molecule is C[C@H](NC1CCc2ccccc21)C(=O)O. The average Bonchev–Trinajstić information content (AvgIpc) is 2.62. The van der Waals surface area contributed by atoms with E-state index in [0.717, 1.165) is 12.8 Å². The van der Waals surface area contributed by atoms with Gasteiger partial charge in [-0.3, -0.25) is 10.1 Å². The molecule has 0 fully saturated rings. The van der Waals surface area contributed by atoms with Crippen molar-refractivity contribution in [3.05, 3.63) is 35.4 Å². The van der Waals surface area contributed by atoms with Gasteiger partial charge in [0.2, 0.25) is 0 Å². The molecule has 0 aromatic heterocycles. The molecule has 0 aliphatic heterocycles. The first kappa shape index (κ1) is 10.2. The molecule has 0 saturated heterocycles. The normalized spacial score (nSPS) is 21.0. The predicted octanol–water partition coefficient (Wildman–Crippen LogP) is 1.74. The third-order valence-electron chi connectivity index (χ3n) is 2.95. The third kappa shape index (κ3) is 2.02. The summed E-state index contributed by atoms with van der Waals surface area (Å²) in [5.41, 5.74) is 2.60. The van der Waals surface area contributed by atoms with E-state index in [1.54, 1.807) is 6.92 Å². The van der Waals surface area contributed by atoms with Gasteiger partial charge in [-0.15, -0.1) is 0 Å². The number of carboxylic acids is 1. The van der Waals surface area contributed by atoms with Crippen LogP contribution >= 0.6 is 0 Å². The molecule has 3 heteroatoms. The monoisotopic (exact) mass is 205 g/mol. The molecule has 1 aromatic rings. The lowest BCUT2D eigenvalue weighted by atomic mass is 10.1. The van der Waals surface area contributed by atoms with Gasteiger partial charge in [0, 0.05) is 6.04 Å². The van der Waals surface area contributed by atoms with Gasteiger partial charge in [0.1, 0.15) is 6.04 Å². The average molecular weight is 205 g/mol. The third-order valence-corrected chi connectivity index (χ3v) is 2.95. The van der Waals surface area contributed by atoms with Gasteiger partial charge in [0.25, 0.3) is 0 Å². The quantitative estimate of drug-likeness (QED) is 0.790. The van der Waals surface area contributed by atoms with E-state index in [2.05, 4.69) is 17.4 Å². The minimum atomic E-state index is -0.792.